The number of halogens is 2. The first-order valence-electron chi connectivity index (χ1n) is 6.12. The number of nitrogens with one attached hydrogen (secondary N) is 1. The van der Waals surface area contributed by atoms with E-state index in [9.17, 15) is 4.79 Å². The number of carbonyl (C=O) groups excluding carboxylic acids is 1. The highest BCUT2D eigenvalue weighted by atomic mass is 35.5. The summed E-state index contributed by atoms with van der Waals surface area (Å²) in [7, 11) is 1.72. The van der Waals surface area contributed by atoms with Crippen LogP contribution in [0.25, 0.3) is 0 Å². The van der Waals surface area contributed by atoms with Gasteiger partial charge in [-0.05, 0) is 37.5 Å². The number of anilines is 1. The summed E-state index contributed by atoms with van der Waals surface area (Å²) < 4.78 is 0. The second kappa shape index (κ2) is 8.25. The quantitative estimate of drug-likeness (QED) is 0.789. The molecule has 106 valence electrons. The lowest BCUT2D eigenvalue weighted by Crippen LogP contribution is -2.32. The number of rotatable bonds is 6. The van der Waals surface area contributed by atoms with Gasteiger partial charge in [-0.1, -0.05) is 23.2 Å². The predicted octanol–water partition coefficient (Wildman–Crippen LogP) is 3.62. The molecule has 0 spiro atoms. The van der Waals surface area contributed by atoms with Crippen LogP contribution in [0.2, 0.25) is 10.0 Å². The molecule has 0 heterocycles. The smallest absolute Gasteiger partial charge is 0.321 e. The molecule has 0 atom stereocenters. The van der Waals surface area contributed by atoms with Crippen LogP contribution in [0, 0.1) is 0 Å². The normalized spacial score (nSPS) is 10.3. The standard InChI is InChI=1S/C13H18Cl2N2O2/c1-17(5-3-2-4-6-18)13(19)16-12-8-10(14)7-11(15)9-12/h7-9,18H,2-6H2,1H3,(H,16,19). The summed E-state index contributed by atoms with van der Waals surface area (Å²) in [5, 5.41) is 12.4. The number of hydrogen-bond acceptors (Lipinski definition) is 2. The third-order valence-electron chi connectivity index (χ3n) is 2.61. The Kier molecular flexibility index (Phi) is 6.99. The first-order chi connectivity index (χ1) is 9.02. The fourth-order valence-corrected chi connectivity index (χ4v) is 2.11. The number of carbonyl (C=O) groups is 1. The minimum atomic E-state index is -0.206. The molecular weight excluding hydrogens is 287 g/mol. The fourth-order valence-electron chi connectivity index (χ4n) is 1.58. The average Bonchev–Trinajstić information content (AvgIpc) is 2.33. The Morgan fingerprint density at radius 2 is 1.84 bits per heavy atom. The minimum Gasteiger partial charge on any atom is -0.396 e. The van der Waals surface area contributed by atoms with E-state index in [2.05, 4.69) is 5.32 Å². The first-order valence-corrected chi connectivity index (χ1v) is 6.87. The van der Waals surface area contributed by atoms with Crippen molar-refractivity contribution in [3.63, 3.8) is 0 Å². The number of amides is 2. The van der Waals surface area contributed by atoms with Crippen molar-refractivity contribution in [2.45, 2.75) is 19.3 Å². The number of nitrogens with zero attached hydrogens (tertiary/aromatic N) is 1. The van der Waals surface area contributed by atoms with Gasteiger partial charge in [0.25, 0.3) is 0 Å². The Labute approximate surface area is 123 Å². The van der Waals surface area contributed by atoms with E-state index >= 15 is 0 Å². The lowest BCUT2D eigenvalue weighted by Gasteiger charge is -2.18. The van der Waals surface area contributed by atoms with E-state index in [0.29, 0.717) is 22.3 Å². The molecule has 0 bridgehead atoms. The van der Waals surface area contributed by atoms with E-state index in [1.54, 1.807) is 30.1 Å². The molecule has 0 aliphatic carbocycles. The third kappa shape index (κ3) is 6.14. The molecule has 19 heavy (non-hydrogen) atoms. The van der Waals surface area contributed by atoms with Crippen LogP contribution in [0.1, 0.15) is 19.3 Å². The van der Waals surface area contributed by atoms with Crippen molar-refractivity contribution in [3.05, 3.63) is 28.2 Å². The number of aliphatic hydroxyl groups excluding tert-OH is 1. The molecular formula is C13H18Cl2N2O2. The van der Waals surface area contributed by atoms with Crippen LogP contribution < -0.4 is 5.32 Å². The van der Waals surface area contributed by atoms with E-state index < -0.39 is 0 Å². The Morgan fingerprint density at radius 3 is 2.42 bits per heavy atom. The summed E-state index contributed by atoms with van der Waals surface area (Å²) in [5.41, 5.74) is 0.574. The zero-order valence-electron chi connectivity index (χ0n) is 10.8. The molecule has 0 aliphatic heterocycles. The Bertz CT molecular complexity index is 407. The van der Waals surface area contributed by atoms with E-state index in [0.717, 1.165) is 19.3 Å². The molecule has 0 aliphatic rings. The zero-order valence-corrected chi connectivity index (χ0v) is 12.3. The van der Waals surface area contributed by atoms with Gasteiger partial charge in [-0.2, -0.15) is 0 Å². The third-order valence-corrected chi connectivity index (χ3v) is 3.05. The fraction of sp³-hybridized carbons (Fsp3) is 0.462. The van der Waals surface area contributed by atoms with Gasteiger partial charge in [0, 0.05) is 35.9 Å². The Morgan fingerprint density at radius 1 is 1.21 bits per heavy atom. The Hall–Kier alpha value is -0.970. The number of benzene rings is 1. The Balaban J connectivity index is 2.44. The van der Waals surface area contributed by atoms with Gasteiger partial charge in [-0.15, -0.1) is 0 Å². The zero-order chi connectivity index (χ0) is 14.3. The highest BCUT2D eigenvalue weighted by Gasteiger charge is 2.09. The van der Waals surface area contributed by atoms with Crippen LogP contribution in [0.15, 0.2) is 18.2 Å². The summed E-state index contributed by atoms with van der Waals surface area (Å²) in [5.74, 6) is 0. The van der Waals surface area contributed by atoms with Gasteiger partial charge >= 0.3 is 6.03 Å². The van der Waals surface area contributed by atoms with Gasteiger partial charge in [0.15, 0.2) is 0 Å². The molecule has 1 aromatic carbocycles. The van der Waals surface area contributed by atoms with Gasteiger partial charge in [-0.3, -0.25) is 0 Å². The molecule has 6 heteroatoms. The lowest BCUT2D eigenvalue weighted by molar-refractivity contribution is 0.220. The lowest BCUT2D eigenvalue weighted by atomic mass is 10.2. The first kappa shape index (κ1) is 16.1. The van der Waals surface area contributed by atoms with Crippen LogP contribution in [0.5, 0.6) is 0 Å². The predicted molar refractivity (Wildman–Crippen MR) is 79.0 cm³/mol. The van der Waals surface area contributed by atoms with Crippen molar-refractivity contribution < 1.29 is 9.90 Å². The van der Waals surface area contributed by atoms with Crippen molar-refractivity contribution in [2.75, 3.05) is 25.5 Å². The highest BCUT2D eigenvalue weighted by Crippen LogP contribution is 2.22. The van der Waals surface area contributed by atoms with Gasteiger partial charge in [0.05, 0.1) is 0 Å². The molecule has 0 fully saturated rings. The van der Waals surface area contributed by atoms with E-state index in [1.807, 2.05) is 0 Å². The van der Waals surface area contributed by atoms with Crippen LogP contribution >= 0.6 is 23.2 Å². The van der Waals surface area contributed by atoms with Crippen LogP contribution in [0.3, 0.4) is 0 Å². The largest absolute Gasteiger partial charge is 0.396 e. The SMILES string of the molecule is CN(CCCCCO)C(=O)Nc1cc(Cl)cc(Cl)c1. The number of unbranched alkanes of at least 4 members (excludes halogenated alkanes) is 2. The number of aliphatic hydroxyl groups is 1. The summed E-state index contributed by atoms with van der Waals surface area (Å²) in [6.07, 6.45) is 2.53. The van der Waals surface area contributed by atoms with Gasteiger partial charge in [0.1, 0.15) is 0 Å². The summed E-state index contributed by atoms with van der Waals surface area (Å²) in [6, 6.07) is 4.69. The van der Waals surface area contributed by atoms with Crippen LogP contribution in [-0.4, -0.2) is 36.2 Å². The summed E-state index contributed by atoms with van der Waals surface area (Å²) in [6.45, 7) is 0.830. The molecule has 2 N–H and O–H groups in total. The van der Waals surface area contributed by atoms with Crippen molar-refractivity contribution in [1.82, 2.24) is 4.90 Å². The maximum atomic E-state index is 11.9. The molecule has 0 saturated carbocycles. The summed E-state index contributed by atoms with van der Waals surface area (Å²) >= 11 is 11.7. The molecule has 4 nitrogen and oxygen atoms in total. The molecule has 0 unspecified atom stereocenters. The molecule has 0 saturated heterocycles. The molecule has 0 aromatic heterocycles. The van der Waals surface area contributed by atoms with Gasteiger partial charge in [0.2, 0.25) is 0 Å². The van der Waals surface area contributed by atoms with Gasteiger partial charge < -0.3 is 15.3 Å². The minimum absolute atomic E-state index is 0.191. The van der Waals surface area contributed by atoms with E-state index in [4.69, 9.17) is 28.3 Å². The van der Waals surface area contributed by atoms with Gasteiger partial charge in [-0.25, -0.2) is 4.79 Å². The number of hydrogen-bond donors (Lipinski definition) is 2. The second-order valence-corrected chi connectivity index (χ2v) is 5.17. The monoisotopic (exact) mass is 304 g/mol. The van der Waals surface area contributed by atoms with Crippen LogP contribution in [0.4, 0.5) is 10.5 Å². The van der Waals surface area contributed by atoms with Crippen molar-refractivity contribution in [1.29, 1.82) is 0 Å². The molecule has 1 aromatic rings. The van der Waals surface area contributed by atoms with Crippen LogP contribution in [-0.2, 0) is 0 Å². The molecule has 2 amide bonds. The molecule has 1 rings (SSSR count). The van der Waals surface area contributed by atoms with Crippen molar-refractivity contribution in [3.8, 4) is 0 Å². The molecule has 0 radical (unpaired) electrons. The maximum absolute atomic E-state index is 11.9. The second-order valence-electron chi connectivity index (χ2n) is 4.29. The number of urea groups is 1. The van der Waals surface area contributed by atoms with Crippen molar-refractivity contribution >= 4 is 34.9 Å². The summed E-state index contributed by atoms with van der Waals surface area (Å²) in [4.78, 5) is 13.5. The van der Waals surface area contributed by atoms with E-state index in [-0.39, 0.29) is 12.6 Å². The van der Waals surface area contributed by atoms with E-state index in [1.165, 1.54) is 0 Å². The average molecular weight is 305 g/mol. The highest BCUT2D eigenvalue weighted by molar-refractivity contribution is 6.35. The maximum Gasteiger partial charge on any atom is 0.321 e. The topological polar surface area (TPSA) is 52.6 Å². The van der Waals surface area contributed by atoms with Crippen molar-refractivity contribution in [2.24, 2.45) is 0 Å².